The normalized spacial score (nSPS) is 15.2. The van der Waals surface area contributed by atoms with Gasteiger partial charge in [-0.3, -0.25) is 4.68 Å². The van der Waals surface area contributed by atoms with Gasteiger partial charge in [-0.1, -0.05) is 0 Å². The van der Waals surface area contributed by atoms with E-state index in [1.54, 1.807) is 0 Å². The third-order valence-corrected chi connectivity index (χ3v) is 3.47. The van der Waals surface area contributed by atoms with Crippen LogP contribution in [0.15, 0.2) is 30.7 Å². The van der Waals surface area contributed by atoms with Crippen LogP contribution in [0.3, 0.4) is 0 Å². The third-order valence-electron chi connectivity index (χ3n) is 3.47. The van der Waals surface area contributed by atoms with Gasteiger partial charge in [-0.05, 0) is 37.0 Å². The quantitative estimate of drug-likeness (QED) is 0.839. The summed E-state index contributed by atoms with van der Waals surface area (Å²) in [7, 11) is 1.96. The highest BCUT2D eigenvalue weighted by atomic mass is 15.2. The number of nitrogens with one attached hydrogen (secondary N) is 1. The van der Waals surface area contributed by atoms with Crippen molar-refractivity contribution in [1.29, 1.82) is 0 Å². The first-order chi connectivity index (χ1) is 8.81. The van der Waals surface area contributed by atoms with E-state index in [4.69, 9.17) is 0 Å². The van der Waals surface area contributed by atoms with Gasteiger partial charge in [-0.25, -0.2) is 0 Å². The van der Waals surface area contributed by atoms with Crippen molar-refractivity contribution in [3.05, 3.63) is 42.0 Å². The Kier molecular flexibility index (Phi) is 3.19. The van der Waals surface area contributed by atoms with E-state index < -0.39 is 0 Å². The fourth-order valence-corrected chi connectivity index (χ4v) is 2.21. The number of nitrogens with zero attached hydrogens (tertiary/aromatic N) is 3. The van der Waals surface area contributed by atoms with E-state index in [1.165, 1.54) is 24.1 Å². The molecule has 1 aliphatic carbocycles. The van der Waals surface area contributed by atoms with Gasteiger partial charge >= 0.3 is 0 Å². The Morgan fingerprint density at radius 1 is 1.44 bits per heavy atom. The monoisotopic (exact) mass is 244 g/mol. The summed E-state index contributed by atoms with van der Waals surface area (Å²) >= 11 is 0. The molecular formula is C14H20N4. The molecule has 1 N–H and O–H groups in total. The minimum atomic E-state index is 0.770. The predicted molar refractivity (Wildman–Crippen MR) is 71.2 cm³/mol. The van der Waals surface area contributed by atoms with Crippen LogP contribution in [-0.4, -0.2) is 20.4 Å². The molecule has 1 fully saturated rings. The summed E-state index contributed by atoms with van der Waals surface area (Å²) < 4.78 is 4.20. The van der Waals surface area contributed by atoms with E-state index in [0.29, 0.717) is 0 Å². The molecule has 18 heavy (non-hydrogen) atoms. The summed E-state index contributed by atoms with van der Waals surface area (Å²) in [5.41, 5.74) is 2.68. The van der Waals surface area contributed by atoms with Crippen molar-refractivity contribution in [1.82, 2.24) is 19.7 Å². The van der Waals surface area contributed by atoms with E-state index in [2.05, 4.69) is 39.5 Å². The van der Waals surface area contributed by atoms with Crippen molar-refractivity contribution in [2.45, 2.75) is 38.4 Å². The zero-order chi connectivity index (χ0) is 12.4. The second kappa shape index (κ2) is 4.98. The van der Waals surface area contributed by atoms with Crippen LogP contribution in [0.2, 0.25) is 0 Å². The van der Waals surface area contributed by atoms with E-state index >= 15 is 0 Å². The maximum absolute atomic E-state index is 4.20. The average molecular weight is 244 g/mol. The first-order valence-electron chi connectivity index (χ1n) is 6.66. The minimum Gasteiger partial charge on any atom is -0.350 e. The first kappa shape index (κ1) is 11.5. The Labute approximate surface area is 108 Å². The molecule has 2 heterocycles. The zero-order valence-corrected chi connectivity index (χ0v) is 10.8. The van der Waals surface area contributed by atoms with Crippen molar-refractivity contribution in [2.75, 3.05) is 0 Å². The van der Waals surface area contributed by atoms with E-state index in [-0.39, 0.29) is 0 Å². The Morgan fingerprint density at radius 3 is 3.06 bits per heavy atom. The molecule has 0 spiro atoms. The molecule has 4 nitrogen and oxygen atoms in total. The molecule has 0 aliphatic heterocycles. The molecule has 0 atom stereocenters. The summed E-state index contributed by atoms with van der Waals surface area (Å²) in [5.74, 6) is 0. The SMILES string of the molecule is Cn1cc(CCn2cccc2CNC2CC2)cn1. The van der Waals surface area contributed by atoms with Crippen LogP contribution in [-0.2, 0) is 26.6 Å². The Hall–Kier alpha value is -1.55. The van der Waals surface area contributed by atoms with Gasteiger partial charge in [0.1, 0.15) is 0 Å². The van der Waals surface area contributed by atoms with Crippen LogP contribution < -0.4 is 5.32 Å². The largest absolute Gasteiger partial charge is 0.350 e. The lowest BCUT2D eigenvalue weighted by molar-refractivity contribution is 0.606. The van der Waals surface area contributed by atoms with Gasteiger partial charge in [-0.15, -0.1) is 0 Å². The number of hydrogen-bond acceptors (Lipinski definition) is 2. The molecule has 0 radical (unpaired) electrons. The summed E-state index contributed by atoms with van der Waals surface area (Å²) in [6.07, 6.45) is 9.93. The van der Waals surface area contributed by atoms with Gasteiger partial charge in [-0.2, -0.15) is 5.10 Å². The van der Waals surface area contributed by atoms with Crippen molar-refractivity contribution in [2.24, 2.45) is 7.05 Å². The Morgan fingerprint density at radius 2 is 2.33 bits per heavy atom. The summed E-state index contributed by atoms with van der Waals surface area (Å²) in [5, 5.41) is 7.77. The lowest BCUT2D eigenvalue weighted by Crippen LogP contribution is -2.18. The number of hydrogen-bond donors (Lipinski definition) is 1. The van der Waals surface area contributed by atoms with Gasteiger partial charge in [0.25, 0.3) is 0 Å². The average Bonchev–Trinajstić information content (AvgIpc) is 2.93. The Bertz CT molecular complexity index is 507. The maximum Gasteiger partial charge on any atom is 0.0522 e. The van der Waals surface area contributed by atoms with Crippen molar-refractivity contribution >= 4 is 0 Å². The van der Waals surface area contributed by atoms with Crippen LogP contribution in [0, 0.1) is 0 Å². The van der Waals surface area contributed by atoms with Gasteiger partial charge in [0, 0.05) is 44.3 Å². The molecule has 0 aromatic carbocycles. The van der Waals surface area contributed by atoms with Crippen molar-refractivity contribution in [3.63, 3.8) is 0 Å². The maximum atomic E-state index is 4.20. The molecule has 0 saturated heterocycles. The number of rotatable bonds is 6. The second-order valence-electron chi connectivity index (χ2n) is 5.12. The van der Waals surface area contributed by atoms with Gasteiger partial charge in [0.05, 0.1) is 6.20 Å². The van der Waals surface area contributed by atoms with Gasteiger partial charge in [0.2, 0.25) is 0 Å². The van der Waals surface area contributed by atoms with Gasteiger partial charge in [0.15, 0.2) is 0 Å². The molecule has 1 saturated carbocycles. The van der Waals surface area contributed by atoms with E-state index in [1.807, 2.05) is 17.9 Å². The van der Waals surface area contributed by atoms with Crippen LogP contribution in [0.1, 0.15) is 24.1 Å². The highest BCUT2D eigenvalue weighted by Crippen LogP contribution is 2.19. The fourth-order valence-electron chi connectivity index (χ4n) is 2.21. The molecule has 1 aliphatic rings. The molecule has 3 rings (SSSR count). The number of aryl methyl sites for hydroxylation is 3. The molecule has 96 valence electrons. The van der Waals surface area contributed by atoms with Crippen LogP contribution in [0.5, 0.6) is 0 Å². The fraction of sp³-hybridized carbons (Fsp3) is 0.500. The molecule has 0 amide bonds. The van der Waals surface area contributed by atoms with Gasteiger partial charge < -0.3 is 9.88 Å². The van der Waals surface area contributed by atoms with E-state index in [0.717, 1.165) is 25.6 Å². The second-order valence-corrected chi connectivity index (χ2v) is 5.12. The summed E-state index contributed by atoms with van der Waals surface area (Å²) in [6.45, 7) is 2.02. The Balaban J connectivity index is 1.56. The highest BCUT2D eigenvalue weighted by molar-refractivity contribution is 5.09. The molecule has 2 aromatic rings. The highest BCUT2D eigenvalue weighted by Gasteiger charge is 2.20. The summed E-state index contributed by atoms with van der Waals surface area (Å²) in [4.78, 5) is 0. The summed E-state index contributed by atoms with van der Waals surface area (Å²) in [6, 6.07) is 5.11. The lowest BCUT2D eigenvalue weighted by atomic mass is 10.2. The standard InChI is InChI=1S/C14H20N4/c1-17-11-12(9-16-17)6-8-18-7-2-3-14(18)10-15-13-4-5-13/h2-3,7,9,11,13,15H,4-6,8,10H2,1H3. The smallest absolute Gasteiger partial charge is 0.0522 e. The predicted octanol–water partition coefficient (Wildman–Crippen LogP) is 1.72. The first-order valence-corrected chi connectivity index (χ1v) is 6.66. The molecular weight excluding hydrogens is 224 g/mol. The lowest BCUT2D eigenvalue weighted by Gasteiger charge is -2.09. The molecule has 0 unspecified atom stereocenters. The molecule has 2 aromatic heterocycles. The van der Waals surface area contributed by atoms with Crippen LogP contribution >= 0.6 is 0 Å². The van der Waals surface area contributed by atoms with E-state index in [9.17, 15) is 0 Å². The third kappa shape index (κ3) is 2.82. The van der Waals surface area contributed by atoms with Crippen LogP contribution in [0.25, 0.3) is 0 Å². The minimum absolute atomic E-state index is 0.770. The van der Waals surface area contributed by atoms with Crippen LogP contribution in [0.4, 0.5) is 0 Å². The van der Waals surface area contributed by atoms with Crippen molar-refractivity contribution in [3.8, 4) is 0 Å². The number of aromatic nitrogens is 3. The molecule has 4 heteroatoms. The topological polar surface area (TPSA) is 34.8 Å². The molecule has 0 bridgehead atoms. The zero-order valence-electron chi connectivity index (χ0n) is 10.8. The van der Waals surface area contributed by atoms with Crippen molar-refractivity contribution < 1.29 is 0 Å².